The molecule has 4 aromatic rings. The van der Waals surface area contributed by atoms with Crippen molar-refractivity contribution >= 4 is 23.1 Å². The first-order valence-corrected chi connectivity index (χ1v) is 13.3. The Labute approximate surface area is 220 Å². The van der Waals surface area contributed by atoms with Crippen molar-refractivity contribution in [1.82, 2.24) is 9.97 Å². The number of H-pyrrole nitrogens is 1. The van der Waals surface area contributed by atoms with E-state index in [-0.39, 0.29) is 0 Å². The summed E-state index contributed by atoms with van der Waals surface area (Å²) in [6, 6.07) is 23.0. The van der Waals surface area contributed by atoms with Crippen LogP contribution < -0.4 is 10.6 Å². The summed E-state index contributed by atoms with van der Waals surface area (Å²) in [5.74, 6) is 0.579. The minimum absolute atomic E-state index is 0.520. The molecule has 0 radical (unpaired) electrons. The second kappa shape index (κ2) is 12.4. The average Bonchev–Trinajstić information content (AvgIpc) is 3.35. The van der Waals surface area contributed by atoms with E-state index in [2.05, 4.69) is 100 Å². The van der Waals surface area contributed by atoms with E-state index in [1.54, 1.807) is 0 Å². The molecule has 37 heavy (non-hydrogen) atoms. The van der Waals surface area contributed by atoms with Gasteiger partial charge in [0.2, 0.25) is 0 Å². The molecule has 0 spiro atoms. The maximum atomic E-state index is 5.86. The first-order chi connectivity index (χ1) is 18.2. The van der Waals surface area contributed by atoms with Gasteiger partial charge in [0.05, 0.1) is 12.3 Å². The van der Waals surface area contributed by atoms with E-state index in [9.17, 15) is 0 Å². The van der Waals surface area contributed by atoms with Crippen LogP contribution >= 0.6 is 0 Å². The van der Waals surface area contributed by atoms with Crippen molar-refractivity contribution in [2.24, 2.45) is 0 Å². The summed E-state index contributed by atoms with van der Waals surface area (Å²) in [7, 11) is 0. The molecule has 1 atom stereocenters. The highest BCUT2D eigenvalue weighted by atomic mass is 16.5. The first kappa shape index (κ1) is 24.8. The Bertz CT molecular complexity index is 1290. The monoisotopic (exact) mass is 492 g/mol. The number of benzene rings is 2. The minimum atomic E-state index is 0.520. The Morgan fingerprint density at radius 2 is 1.81 bits per heavy atom. The highest BCUT2D eigenvalue weighted by Crippen LogP contribution is 2.31. The highest BCUT2D eigenvalue weighted by Gasteiger charge is 2.16. The maximum absolute atomic E-state index is 5.86. The summed E-state index contributed by atoms with van der Waals surface area (Å²) in [5.41, 5.74) is 9.61. The van der Waals surface area contributed by atoms with Crippen molar-refractivity contribution in [2.45, 2.75) is 45.1 Å². The zero-order valence-corrected chi connectivity index (χ0v) is 21.5. The van der Waals surface area contributed by atoms with Gasteiger partial charge in [0.25, 0.3) is 0 Å². The highest BCUT2D eigenvalue weighted by molar-refractivity contribution is 5.63. The topological polar surface area (TPSA) is 62.0 Å². The molecule has 0 aliphatic heterocycles. The van der Waals surface area contributed by atoms with Crippen molar-refractivity contribution in [3.63, 3.8) is 0 Å². The normalized spacial score (nSPS) is 14.4. The number of fused-ring (bicyclic) bond motifs is 1. The molecular weight excluding hydrogens is 456 g/mol. The van der Waals surface area contributed by atoms with Gasteiger partial charge < -0.3 is 20.4 Å². The van der Waals surface area contributed by atoms with Crippen molar-refractivity contribution in [2.75, 3.05) is 23.8 Å². The molecule has 1 aliphatic carbocycles. The third kappa shape index (κ3) is 6.89. The summed E-state index contributed by atoms with van der Waals surface area (Å²) in [5, 5.41) is 7.03. The lowest BCUT2D eigenvalue weighted by atomic mass is 9.92. The lowest BCUT2D eigenvalue weighted by Gasteiger charge is -2.14. The number of anilines is 3. The van der Waals surface area contributed by atoms with Crippen LogP contribution in [0.25, 0.3) is 6.08 Å². The average molecular weight is 493 g/mol. The number of aryl methyl sites for hydroxylation is 1. The van der Waals surface area contributed by atoms with Gasteiger partial charge in [-0.15, -0.1) is 0 Å². The molecule has 1 unspecified atom stereocenters. The number of allylic oxidation sites excluding steroid dienone is 1. The molecule has 0 saturated heterocycles. The second-order valence-electron chi connectivity index (χ2n) is 9.74. The SMILES string of the molecule is CC1CC=Cc2c(CCNc3ccc(Nc4ccnc(COCCCc5ccccc5)c4)cc3)c[nH]c21. The maximum Gasteiger partial charge on any atom is 0.0888 e. The number of pyridine rings is 1. The Hall–Kier alpha value is -3.83. The van der Waals surface area contributed by atoms with Crippen LogP contribution in [0.3, 0.4) is 0 Å². The van der Waals surface area contributed by atoms with E-state index < -0.39 is 0 Å². The summed E-state index contributed by atoms with van der Waals surface area (Å²) in [6.07, 6.45) is 12.7. The molecule has 190 valence electrons. The molecule has 0 bridgehead atoms. The van der Waals surface area contributed by atoms with Crippen LogP contribution in [0.5, 0.6) is 0 Å². The molecule has 2 heterocycles. The molecule has 3 N–H and O–H groups in total. The molecule has 0 amide bonds. The molecule has 0 fully saturated rings. The van der Waals surface area contributed by atoms with E-state index in [0.29, 0.717) is 12.5 Å². The standard InChI is InChI=1S/C32H36N4O/c1-24-7-5-11-31-26(22-35-32(24)31)16-18-33-27-12-14-28(15-13-27)36-29-17-19-34-30(21-29)23-37-20-6-10-25-8-3-2-4-9-25/h2-5,8-9,11-15,17,19,21-22,24,33,35H,6-7,10,16,18,20,23H2,1H3,(H,34,36). The third-order valence-corrected chi connectivity index (χ3v) is 6.87. The lowest BCUT2D eigenvalue weighted by molar-refractivity contribution is 0.116. The van der Waals surface area contributed by atoms with E-state index in [1.807, 2.05) is 18.3 Å². The second-order valence-corrected chi connectivity index (χ2v) is 9.74. The van der Waals surface area contributed by atoms with Crippen molar-refractivity contribution in [3.05, 3.63) is 113 Å². The van der Waals surface area contributed by atoms with Crippen LogP contribution in [0, 0.1) is 0 Å². The fourth-order valence-corrected chi connectivity index (χ4v) is 4.83. The molecule has 2 aromatic heterocycles. The molecule has 5 rings (SSSR count). The summed E-state index contributed by atoms with van der Waals surface area (Å²) >= 11 is 0. The Kier molecular flexibility index (Phi) is 8.34. The van der Waals surface area contributed by atoms with Gasteiger partial charge in [-0.25, -0.2) is 0 Å². The van der Waals surface area contributed by atoms with Gasteiger partial charge in [0.15, 0.2) is 0 Å². The van der Waals surface area contributed by atoms with Crippen LogP contribution in [-0.2, 0) is 24.2 Å². The molecule has 1 aliphatic rings. The number of hydrogen-bond donors (Lipinski definition) is 3. The van der Waals surface area contributed by atoms with Crippen molar-refractivity contribution in [3.8, 4) is 0 Å². The number of rotatable bonds is 12. The quantitative estimate of drug-likeness (QED) is 0.179. The Morgan fingerprint density at radius 1 is 0.973 bits per heavy atom. The van der Waals surface area contributed by atoms with Crippen LogP contribution in [0.15, 0.2) is 85.2 Å². The number of aromatic amines is 1. The number of nitrogens with one attached hydrogen (secondary N) is 3. The van der Waals surface area contributed by atoms with Crippen molar-refractivity contribution in [1.29, 1.82) is 0 Å². The van der Waals surface area contributed by atoms with Gasteiger partial charge in [-0.2, -0.15) is 0 Å². The minimum Gasteiger partial charge on any atom is -0.385 e. The first-order valence-electron chi connectivity index (χ1n) is 13.3. The van der Waals surface area contributed by atoms with Crippen LogP contribution in [0.2, 0.25) is 0 Å². The zero-order chi connectivity index (χ0) is 25.3. The van der Waals surface area contributed by atoms with Crippen molar-refractivity contribution < 1.29 is 4.74 Å². The fourth-order valence-electron chi connectivity index (χ4n) is 4.83. The zero-order valence-electron chi connectivity index (χ0n) is 21.5. The molecule has 5 nitrogen and oxygen atoms in total. The molecular formula is C32H36N4O. The van der Waals surface area contributed by atoms with Gasteiger partial charge in [-0.3, -0.25) is 4.98 Å². The van der Waals surface area contributed by atoms with Crippen LogP contribution in [0.4, 0.5) is 17.1 Å². The number of hydrogen-bond acceptors (Lipinski definition) is 4. The van der Waals surface area contributed by atoms with Gasteiger partial charge in [0, 0.05) is 54.2 Å². The van der Waals surface area contributed by atoms with E-state index in [4.69, 9.17) is 4.74 Å². The largest absolute Gasteiger partial charge is 0.385 e. The molecule has 0 saturated carbocycles. The fraction of sp³-hybridized carbons (Fsp3) is 0.281. The predicted octanol–water partition coefficient (Wildman–Crippen LogP) is 7.48. The smallest absolute Gasteiger partial charge is 0.0888 e. The van der Waals surface area contributed by atoms with Gasteiger partial charge in [0.1, 0.15) is 0 Å². The summed E-state index contributed by atoms with van der Waals surface area (Å²) in [4.78, 5) is 7.94. The van der Waals surface area contributed by atoms with Gasteiger partial charge in [-0.1, -0.05) is 49.4 Å². The number of ether oxygens (including phenoxy) is 1. The predicted molar refractivity (Wildman–Crippen MR) is 153 cm³/mol. The summed E-state index contributed by atoms with van der Waals surface area (Å²) in [6.45, 7) is 4.43. The van der Waals surface area contributed by atoms with E-state index in [1.165, 1.54) is 22.4 Å². The number of nitrogens with zero attached hydrogens (tertiary/aromatic N) is 1. The van der Waals surface area contributed by atoms with Crippen LogP contribution in [-0.4, -0.2) is 23.1 Å². The summed E-state index contributed by atoms with van der Waals surface area (Å²) < 4.78 is 5.86. The van der Waals surface area contributed by atoms with Gasteiger partial charge >= 0.3 is 0 Å². The Morgan fingerprint density at radius 3 is 2.68 bits per heavy atom. The molecule has 5 heteroatoms. The van der Waals surface area contributed by atoms with Crippen LogP contribution in [0.1, 0.15) is 53.8 Å². The third-order valence-electron chi connectivity index (χ3n) is 6.87. The van der Waals surface area contributed by atoms with Gasteiger partial charge in [-0.05, 0) is 78.8 Å². The lowest BCUT2D eigenvalue weighted by Crippen LogP contribution is -2.06. The van der Waals surface area contributed by atoms with E-state index >= 15 is 0 Å². The van der Waals surface area contributed by atoms with E-state index in [0.717, 1.165) is 61.6 Å². The Balaban J connectivity index is 1.05. The number of aromatic nitrogens is 2. The molecule has 2 aromatic carbocycles.